The van der Waals surface area contributed by atoms with E-state index in [1.165, 1.54) is 11.1 Å². The third-order valence-electron chi connectivity index (χ3n) is 3.37. The van der Waals surface area contributed by atoms with Crippen LogP contribution in [0.2, 0.25) is 0 Å². The molecule has 2 heteroatoms. The van der Waals surface area contributed by atoms with Crippen LogP contribution >= 0.6 is 0 Å². The molecule has 0 bridgehead atoms. The third-order valence-corrected chi connectivity index (χ3v) is 3.37. The highest BCUT2D eigenvalue weighted by molar-refractivity contribution is 5.39. The zero-order valence-electron chi connectivity index (χ0n) is 11.7. The van der Waals surface area contributed by atoms with E-state index < -0.39 is 0 Å². The number of hydrogen-bond donors (Lipinski definition) is 1. The van der Waals surface area contributed by atoms with E-state index in [2.05, 4.69) is 39.0 Å². The van der Waals surface area contributed by atoms with Crippen LogP contribution in [0, 0.1) is 5.41 Å². The Kier molecular flexibility index (Phi) is 3.96. The van der Waals surface area contributed by atoms with Crippen molar-refractivity contribution in [1.29, 1.82) is 0 Å². The van der Waals surface area contributed by atoms with Gasteiger partial charge >= 0.3 is 0 Å². The molecule has 1 aliphatic heterocycles. The summed E-state index contributed by atoms with van der Waals surface area (Å²) in [5, 5.41) is 10.0. The summed E-state index contributed by atoms with van der Waals surface area (Å²) in [7, 11) is 0. The highest BCUT2D eigenvalue weighted by Gasteiger charge is 2.17. The van der Waals surface area contributed by atoms with Gasteiger partial charge in [0.2, 0.25) is 0 Å². The Labute approximate surface area is 110 Å². The molecule has 0 amide bonds. The molecule has 0 spiro atoms. The van der Waals surface area contributed by atoms with Gasteiger partial charge in [0.15, 0.2) is 0 Å². The summed E-state index contributed by atoms with van der Waals surface area (Å²) in [6.07, 6.45) is 3.48. The van der Waals surface area contributed by atoms with Crippen LogP contribution in [0.25, 0.3) is 0 Å². The summed E-state index contributed by atoms with van der Waals surface area (Å²) < 4.78 is 5.50. The average molecular weight is 248 g/mol. The van der Waals surface area contributed by atoms with Crippen molar-refractivity contribution < 1.29 is 9.84 Å². The number of hydrogen-bond acceptors (Lipinski definition) is 2. The van der Waals surface area contributed by atoms with Crippen molar-refractivity contribution >= 4 is 0 Å². The lowest BCUT2D eigenvalue weighted by molar-refractivity contribution is 0.113. The summed E-state index contributed by atoms with van der Waals surface area (Å²) in [6.45, 7) is 7.32. The van der Waals surface area contributed by atoms with Crippen LogP contribution in [0.1, 0.15) is 44.7 Å². The summed E-state index contributed by atoms with van der Waals surface area (Å²) in [6, 6.07) is 6.41. The molecule has 0 radical (unpaired) electrons. The maximum Gasteiger partial charge on any atom is 0.122 e. The summed E-state index contributed by atoms with van der Waals surface area (Å²) >= 11 is 0. The molecule has 1 atom stereocenters. The van der Waals surface area contributed by atoms with Crippen LogP contribution < -0.4 is 4.74 Å². The van der Waals surface area contributed by atoms with E-state index >= 15 is 0 Å². The average Bonchev–Trinajstić information content (AvgIpc) is 2.71. The van der Waals surface area contributed by atoms with Gasteiger partial charge in [-0.1, -0.05) is 32.9 Å². The van der Waals surface area contributed by atoms with Crippen molar-refractivity contribution in [1.82, 2.24) is 0 Å². The fraction of sp³-hybridized carbons (Fsp3) is 0.625. The minimum absolute atomic E-state index is 0.200. The summed E-state index contributed by atoms with van der Waals surface area (Å²) in [4.78, 5) is 0. The lowest BCUT2D eigenvalue weighted by Gasteiger charge is -2.22. The number of aliphatic hydroxyl groups excluding tert-OH is 1. The molecular formula is C16H24O2. The fourth-order valence-electron chi connectivity index (χ4n) is 2.54. The molecule has 1 aromatic rings. The predicted molar refractivity (Wildman–Crippen MR) is 74.0 cm³/mol. The zero-order valence-corrected chi connectivity index (χ0v) is 11.7. The quantitative estimate of drug-likeness (QED) is 0.885. The van der Waals surface area contributed by atoms with Crippen LogP contribution in [-0.2, 0) is 12.8 Å². The molecular weight excluding hydrogens is 224 g/mol. The second kappa shape index (κ2) is 5.31. The number of aliphatic hydroxyl groups is 1. The smallest absolute Gasteiger partial charge is 0.122 e. The first kappa shape index (κ1) is 13.4. The fourth-order valence-corrected chi connectivity index (χ4v) is 2.54. The lowest BCUT2D eigenvalue weighted by atomic mass is 9.87. The molecule has 2 nitrogen and oxygen atoms in total. The number of benzene rings is 1. The Balaban J connectivity index is 1.87. The molecule has 0 fully saturated rings. The van der Waals surface area contributed by atoms with Crippen molar-refractivity contribution in [2.24, 2.45) is 5.41 Å². The molecule has 2 rings (SSSR count). The van der Waals surface area contributed by atoms with E-state index in [1.807, 2.05) is 0 Å². The molecule has 0 aromatic heterocycles. The highest BCUT2D eigenvalue weighted by Crippen LogP contribution is 2.27. The van der Waals surface area contributed by atoms with Gasteiger partial charge in [0.1, 0.15) is 5.75 Å². The van der Waals surface area contributed by atoms with Crippen LogP contribution in [0.3, 0.4) is 0 Å². The molecule has 1 aromatic carbocycles. The summed E-state index contributed by atoms with van der Waals surface area (Å²) in [5.74, 6) is 1.04. The Morgan fingerprint density at radius 2 is 2.11 bits per heavy atom. The first-order valence-electron chi connectivity index (χ1n) is 6.87. The molecule has 18 heavy (non-hydrogen) atoms. The van der Waals surface area contributed by atoms with Gasteiger partial charge in [-0.25, -0.2) is 0 Å². The number of rotatable bonds is 4. The van der Waals surface area contributed by atoms with E-state index in [1.54, 1.807) is 0 Å². The largest absolute Gasteiger partial charge is 0.493 e. The molecule has 0 aliphatic carbocycles. The predicted octanol–water partition coefficient (Wildman–Crippen LogP) is 3.35. The molecule has 0 saturated carbocycles. The van der Waals surface area contributed by atoms with Gasteiger partial charge in [0.05, 0.1) is 12.7 Å². The third kappa shape index (κ3) is 3.74. The maximum atomic E-state index is 10.0. The molecule has 1 unspecified atom stereocenters. The molecule has 1 aliphatic rings. The number of fused-ring (bicyclic) bond motifs is 1. The van der Waals surface area contributed by atoms with Gasteiger partial charge in [0.25, 0.3) is 0 Å². The van der Waals surface area contributed by atoms with E-state index in [0.29, 0.717) is 0 Å². The topological polar surface area (TPSA) is 29.5 Å². The van der Waals surface area contributed by atoms with Crippen molar-refractivity contribution in [3.63, 3.8) is 0 Å². The summed E-state index contributed by atoms with van der Waals surface area (Å²) in [5.41, 5.74) is 2.83. The van der Waals surface area contributed by atoms with Crippen LogP contribution in [0.4, 0.5) is 0 Å². The van der Waals surface area contributed by atoms with Crippen molar-refractivity contribution in [2.75, 3.05) is 6.61 Å². The minimum atomic E-state index is -0.200. The molecule has 1 heterocycles. The van der Waals surface area contributed by atoms with Gasteiger partial charge < -0.3 is 9.84 Å². The van der Waals surface area contributed by atoms with Gasteiger partial charge in [-0.3, -0.25) is 0 Å². The second-order valence-corrected chi connectivity index (χ2v) is 6.50. The maximum absolute atomic E-state index is 10.0. The number of aryl methyl sites for hydroxylation is 1. The van der Waals surface area contributed by atoms with Gasteiger partial charge in [-0.15, -0.1) is 0 Å². The Hall–Kier alpha value is -1.02. The van der Waals surface area contributed by atoms with Crippen molar-refractivity contribution in [3.05, 3.63) is 29.3 Å². The number of ether oxygens (including phenoxy) is 1. The second-order valence-electron chi connectivity index (χ2n) is 6.50. The monoisotopic (exact) mass is 248 g/mol. The first-order chi connectivity index (χ1) is 8.44. The lowest BCUT2D eigenvalue weighted by Crippen LogP contribution is -2.18. The Morgan fingerprint density at radius 3 is 2.83 bits per heavy atom. The van der Waals surface area contributed by atoms with E-state index in [9.17, 15) is 5.11 Å². The van der Waals surface area contributed by atoms with Crippen molar-refractivity contribution in [2.45, 2.75) is 52.6 Å². The van der Waals surface area contributed by atoms with Gasteiger partial charge in [0, 0.05) is 6.42 Å². The molecule has 0 saturated heterocycles. The van der Waals surface area contributed by atoms with Gasteiger partial charge in [-0.2, -0.15) is 0 Å². The zero-order chi connectivity index (χ0) is 13.2. The Bertz CT molecular complexity index is 404. The molecule has 1 N–H and O–H groups in total. The van der Waals surface area contributed by atoms with E-state index in [4.69, 9.17) is 4.74 Å². The Morgan fingerprint density at radius 1 is 1.33 bits per heavy atom. The first-order valence-corrected chi connectivity index (χ1v) is 6.87. The highest BCUT2D eigenvalue weighted by atomic mass is 16.5. The molecule has 100 valence electrons. The SMILES string of the molecule is CC(C)(C)CC(O)CCc1ccc2c(c1)CCO2. The van der Waals surface area contributed by atoms with E-state index in [-0.39, 0.29) is 11.5 Å². The van der Waals surface area contributed by atoms with Crippen LogP contribution in [-0.4, -0.2) is 17.8 Å². The van der Waals surface area contributed by atoms with Crippen LogP contribution in [0.5, 0.6) is 5.75 Å². The normalized spacial score (nSPS) is 16.2. The van der Waals surface area contributed by atoms with Crippen molar-refractivity contribution in [3.8, 4) is 5.75 Å². The van der Waals surface area contributed by atoms with Crippen LogP contribution in [0.15, 0.2) is 18.2 Å². The standard InChI is InChI=1S/C16H24O2/c1-16(2,3)11-14(17)6-4-12-5-7-15-13(10-12)8-9-18-15/h5,7,10,14,17H,4,6,8-9,11H2,1-3H3. The van der Waals surface area contributed by atoms with E-state index in [0.717, 1.165) is 38.0 Å². The van der Waals surface area contributed by atoms with Gasteiger partial charge in [-0.05, 0) is 41.9 Å². The minimum Gasteiger partial charge on any atom is -0.493 e.